The summed E-state index contributed by atoms with van der Waals surface area (Å²) in [6.45, 7) is 5.59. The van der Waals surface area contributed by atoms with Gasteiger partial charge < -0.3 is 14.9 Å². The number of carbonyl (C=O) groups excluding carboxylic acids is 1. The summed E-state index contributed by atoms with van der Waals surface area (Å²) in [6.07, 6.45) is 1.65. The molecule has 2 rings (SSSR count). The Hall–Kier alpha value is -1.39. The summed E-state index contributed by atoms with van der Waals surface area (Å²) in [4.78, 5) is 16.5. The second kappa shape index (κ2) is 7.41. The van der Waals surface area contributed by atoms with Crippen LogP contribution in [0.15, 0.2) is 30.3 Å². The fourth-order valence-electron chi connectivity index (χ4n) is 2.81. The van der Waals surface area contributed by atoms with Crippen molar-refractivity contribution in [2.75, 3.05) is 32.8 Å². The molecule has 1 fully saturated rings. The van der Waals surface area contributed by atoms with Crippen LogP contribution in [-0.4, -0.2) is 53.6 Å². The first-order valence-electron chi connectivity index (χ1n) is 7.44. The molecule has 0 radical (unpaired) electrons. The van der Waals surface area contributed by atoms with Crippen LogP contribution in [0.5, 0.6) is 0 Å². The number of nitrogens with zero attached hydrogens (tertiary/aromatic N) is 2. The molecular formula is C16H24N2O2. The molecular weight excluding hydrogens is 252 g/mol. The van der Waals surface area contributed by atoms with Gasteiger partial charge in [-0.25, -0.2) is 0 Å². The van der Waals surface area contributed by atoms with Crippen LogP contribution in [-0.2, 0) is 4.79 Å². The Balaban J connectivity index is 2.11. The summed E-state index contributed by atoms with van der Waals surface area (Å²) in [5.74, 6) is 0.145. The third-order valence-corrected chi connectivity index (χ3v) is 3.89. The quantitative estimate of drug-likeness (QED) is 0.889. The van der Waals surface area contributed by atoms with Crippen LogP contribution in [0.25, 0.3) is 0 Å². The monoisotopic (exact) mass is 276 g/mol. The van der Waals surface area contributed by atoms with Crippen molar-refractivity contribution in [3.05, 3.63) is 35.9 Å². The third-order valence-electron chi connectivity index (χ3n) is 3.89. The molecule has 1 N–H and O–H groups in total. The molecule has 4 nitrogen and oxygen atoms in total. The lowest BCUT2D eigenvalue weighted by Gasteiger charge is -2.30. The highest BCUT2D eigenvalue weighted by Gasteiger charge is 2.27. The second-order valence-corrected chi connectivity index (χ2v) is 5.29. The van der Waals surface area contributed by atoms with E-state index in [4.69, 9.17) is 0 Å². The van der Waals surface area contributed by atoms with E-state index in [1.807, 2.05) is 35.2 Å². The highest BCUT2D eigenvalue weighted by atomic mass is 16.3. The topological polar surface area (TPSA) is 43.8 Å². The van der Waals surface area contributed by atoms with Crippen LogP contribution in [0, 0.1) is 0 Å². The van der Waals surface area contributed by atoms with E-state index in [9.17, 15) is 9.90 Å². The summed E-state index contributed by atoms with van der Waals surface area (Å²) in [7, 11) is 0. The molecule has 0 bridgehead atoms. The van der Waals surface area contributed by atoms with Gasteiger partial charge >= 0.3 is 0 Å². The molecule has 1 aliphatic rings. The molecule has 1 atom stereocenters. The van der Waals surface area contributed by atoms with Gasteiger partial charge in [0.15, 0.2) is 0 Å². The summed E-state index contributed by atoms with van der Waals surface area (Å²) < 4.78 is 0. The van der Waals surface area contributed by atoms with Crippen LogP contribution < -0.4 is 0 Å². The zero-order valence-corrected chi connectivity index (χ0v) is 12.2. The number of hydrogen-bond acceptors (Lipinski definition) is 3. The van der Waals surface area contributed by atoms with Gasteiger partial charge in [0.1, 0.15) is 0 Å². The largest absolute Gasteiger partial charge is 0.394 e. The summed E-state index contributed by atoms with van der Waals surface area (Å²) in [6, 6.07) is 9.58. The fourth-order valence-corrected chi connectivity index (χ4v) is 2.81. The van der Waals surface area contributed by atoms with E-state index in [0.717, 1.165) is 31.6 Å². The minimum atomic E-state index is -0.217. The molecule has 20 heavy (non-hydrogen) atoms. The van der Waals surface area contributed by atoms with E-state index < -0.39 is 0 Å². The maximum Gasteiger partial charge on any atom is 0.224 e. The van der Waals surface area contributed by atoms with Crippen molar-refractivity contribution in [3.63, 3.8) is 0 Å². The van der Waals surface area contributed by atoms with Crippen molar-refractivity contribution in [2.45, 2.75) is 25.8 Å². The van der Waals surface area contributed by atoms with Gasteiger partial charge in [0.05, 0.1) is 12.6 Å². The third kappa shape index (κ3) is 3.58. The van der Waals surface area contributed by atoms with E-state index in [1.54, 1.807) is 0 Å². The lowest BCUT2D eigenvalue weighted by atomic mass is 10.1. The predicted octanol–water partition coefficient (Wildman–Crippen LogP) is 1.66. The van der Waals surface area contributed by atoms with E-state index in [2.05, 4.69) is 11.8 Å². The first-order chi connectivity index (χ1) is 9.76. The molecule has 110 valence electrons. The molecule has 4 heteroatoms. The van der Waals surface area contributed by atoms with Gasteiger partial charge in [0.25, 0.3) is 0 Å². The minimum absolute atomic E-state index is 0.0243. The zero-order valence-electron chi connectivity index (χ0n) is 12.2. The van der Waals surface area contributed by atoms with E-state index in [-0.39, 0.29) is 18.6 Å². The van der Waals surface area contributed by atoms with Crippen molar-refractivity contribution >= 4 is 5.91 Å². The van der Waals surface area contributed by atoms with Gasteiger partial charge in [-0.05, 0) is 18.5 Å². The fraction of sp³-hybridized carbons (Fsp3) is 0.562. The predicted molar refractivity (Wildman–Crippen MR) is 79.3 cm³/mol. The standard InChI is InChI=1S/C16H24N2O2/c1-2-9-17-10-8-16(20)18(12-11-17)15(13-19)14-6-4-3-5-7-14/h3-7,15,19H,2,8-13H2,1H3/t15-/m1/s1. The molecule has 1 aromatic carbocycles. The van der Waals surface area contributed by atoms with Crippen LogP contribution in [0.1, 0.15) is 31.4 Å². The van der Waals surface area contributed by atoms with Crippen molar-refractivity contribution in [2.24, 2.45) is 0 Å². The Morgan fingerprint density at radius 1 is 1.20 bits per heavy atom. The number of rotatable bonds is 5. The highest BCUT2D eigenvalue weighted by molar-refractivity contribution is 5.77. The normalized spacial score (nSPS) is 18.9. The van der Waals surface area contributed by atoms with E-state index in [1.165, 1.54) is 0 Å². The Bertz CT molecular complexity index is 422. The van der Waals surface area contributed by atoms with E-state index in [0.29, 0.717) is 13.0 Å². The number of aliphatic hydroxyl groups is 1. The van der Waals surface area contributed by atoms with Crippen molar-refractivity contribution in [1.82, 2.24) is 9.80 Å². The van der Waals surface area contributed by atoms with Gasteiger partial charge in [-0.3, -0.25) is 4.79 Å². The smallest absolute Gasteiger partial charge is 0.224 e. The average molecular weight is 276 g/mol. The van der Waals surface area contributed by atoms with Crippen LogP contribution in [0.2, 0.25) is 0 Å². The molecule has 1 amide bonds. The molecule has 0 aromatic heterocycles. The van der Waals surface area contributed by atoms with Gasteiger partial charge in [-0.15, -0.1) is 0 Å². The van der Waals surface area contributed by atoms with Crippen molar-refractivity contribution in [3.8, 4) is 0 Å². The summed E-state index contributed by atoms with van der Waals surface area (Å²) in [5, 5.41) is 9.70. The number of aliphatic hydroxyl groups excluding tert-OH is 1. The lowest BCUT2D eigenvalue weighted by Crippen LogP contribution is -2.38. The maximum absolute atomic E-state index is 12.3. The molecule has 0 saturated carbocycles. The van der Waals surface area contributed by atoms with Crippen LogP contribution in [0.3, 0.4) is 0 Å². The second-order valence-electron chi connectivity index (χ2n) is 5.29. The number of carbonyl (C=O) groups is 1. The SMILES string of the molecule is CCCN1CCC(=O)N([C@H](CO)c2ccccc2)CC1. The molecule has 1 saturated heterocycles. The van der Waals surface area contributed by atoms with E-state index >= 15 is 0 Å². The molecule has 1 aliphatic heterocycles. The summed E-state index contributed by atoms with van der Waals surface area (Å²) in [5.41, 5.74) is 1.01. The Kier molecular flexibility index (Phi) is 5.56. The van der Waals surface area contributed by atoms with Crippen LogP contribution >= 0.6 is 0 Å². The Morgan fingerprint density at radius 3 is 2.60 bits per heavy atom. The van der Waals surface area contributed by atoms with Gasteiger partial charge in [-0.1, -0.05) is 37.3 Å². The van der Waals surface area contributed by atoms with Crippen molar-refractivity contribution < 1.29 is 9.90 Å². The van der Waals surface area contributed by atoms with Crippen LogP contribution in [0.4, 0.5) is 0 Å². The lowest BCUT2D eigenvalue weighted by molar-refractivity contribution is -0.133. The highest BCUT2D eigenvalue weighted by Crippen LogP contribution is 2.22. The maximum atomic E-state index is 12.3. The zero-order chi connectivity index (χ0) is 14.4. The first-order valence-corrected chi connectivity index (χ1v) is 7.44. The molecule has 0 aliphatic carbocycles. The average Bonchev–Trinajstić information content (AvgIpc) is 2.65. The Morgan fingerprint density at radius 2 is 1.95 bits per heavy atom. The minimum Gasteiger partial charge on any atom is -0.394 e. The van der Waals surface area contributed by atoms with Gasteiger partial charge in [0.2, 0.25) is 5.91 Å². The first kappa shape index (κ1) is 15.0. The van der Waals surface area contributed by atoms with Crippen molar-refractivity contribution in [1.29, 1.82) is 0 Å². The number of hydrogen-bond donors (Lipinski definition) is 1. The molecule has 0 unspecified atom stereocenters. The van der Waals surface area contributed by atoms with Gasteiger partial charge in [0, 0.05) is 26.1 Å². The number of amides is 1. The van der Waals surface area contributed by atoms with Gasteiger partial charge in [-0.2, -0.15) is 0 Å². The Labute approximate surface area is 121 Å². The number of benzene rings is 1. The molecule has 1 heterocycles. The molecule has 0 spiro atoms. The summed E-state index contributed by atoms with van der Waals surface area (Å²) >= 11 is 0. The molecule has 1 aromatic rings.